The van der Waals surface area contributed by atoms with Crippen LogP contribution in [0.3, 0.4) is 0 Å². The third-order valence-corrected chi connectivity index (χ3v) is 3.51. The number of fused-ring (bicyclic) bond motifs is 3. The van der Waals surface area contributed by atoms with Gasteiger partial charge in [0.05, 0.1) is 18.6 Å². The van der Waals surface area contributed by atoms with E-state index in [1.165, 1.54) is 27.7 Å². The molecule has 0 saturated carbocycles. The lowest BCUT2D eigenvalue weighted by Gasteiger charge is -1.99. The van der Waals surface area contributed by atoms with Crippen molar-refractivity contribution in [2.45, 2.75) is 20.3 Å². The van der Waals surface area contributed by atoms with Crippen molar-refractivity contribution in [3.05, 3.63) is 47.9 Å². The first kappa shape index (κ1) is 10.3. The molecule has 17 heavy (non-hydrogen) atoms. The van der Waals surface area contributed by atoms with E-state index in [1.807, 2.05) is 0 Å². The summed E-state index contributed by atoms with van der Waals surface area (Å²) in [4.78, 5) is 0. The number of benzene rings is 1. The molecule has 0 spiro atoms. The lowest BCUT2D eigenvalue weighted by atomic mass is 10.1. The predicted octanol–water partition coefficient (Wildman–Crippen LogP) is 2.79. The van der Waals surface area contributed by atoms with Gasteiger partial charge in [-0.15, -0.1) is 0 Å². The van der Waals surface area contributed by atoms with Crippen LogP contribution in [0.15, 0.2) is 36.7 Å². The summed E-state index contributed by atoms with van der Waals surface area (Å²) < 4.78 is 4.52. The summed E-state index contributed by atoms with van der Waals surface area (Å²) in [7, 11) is 2.15. The number of aryl methyl sites for hydroxylation is 3. The average Bonchev–Trinajstić information content (AvgIpc) is 2.66. The largest absolute Gasteiger partial charge is 0.294 e. The fraction of sp³-hybridized carbons (Fsp3) is 0.267. The van der Waals surface area contributed by atoms with Gasteiger partial charge in [-0.1, -0.05) is 24.6 Å². The van der Waals surface area contributed by atoms with Gasteiger partial charge < -0.3 is 0 Å². The number of hydrogen-bond acceptors (Lipinski definition) is 0. The Morgan fingerprint density at radius 2 is 2.06 bits per heavy atom. The first-order valence-corrected chi connectivity index (χ1v) is 6.09. The van der Waals surface area contributed by atoms with Gasteiger partial charge in [-0.3, -0.25) is 0 Å². The molecule has 3 rings (SSSR count). The lowest BCUT2D eigenvalue weighted by Crippen LogP contribution is -2.18. The van der Waals surface area contributed by atoms with E-state index in [2.05, 4.69) is 66.5 Å². The first-order valence-electron chi connectivity index (χ1n) is 6.09. The second kappa shape index (κ2) is 3.59. The monoisotopic (exact) mass is 225 g/mol. The number of pyridine rings is 1. The Balaban J connectivity index is 2.53. The van der Waals surface area contributed by atoms with Gasteiger partial charge in [0.2, 0.25) is 0 Å². The van der Waals surface area contributed by atoms with E-state index in [4.69, 9.17) is 0 Å². The van der Waals surface area contributed by atoms with Crippen molar-refractivity contribution in [3.8, 4) is 0 Å². The number of imidazole rings is 1. The zero-order valence-corrected chi connectivity index (χ0v) is 10.6. The third-order valence-electron chi connectivity index (χ3n) is 3.51. The van der Waals surface area contributed by atoms with Crippen molar-refractivity contribution in [2.24, 2.45) is 7.05 Å². The molecule has 0 fully saturated rings. The number of hydrogen-bond donors (Lipinski definition) is 0. The molecular formula is C15H17N2+. The normalized spacial score (nSPS) is 11.5. The highest BCUT2D eigenvalue weighted by molar-refractivity contribution is 5.92. The molecule has 0 amide bonds. The fourth-order valence-corrected chi connectivity index (χ4v) is 2.55. The Kier molecular flexibility index (Phi) is 2.18. The van der Waals surface area contributed by atoms with Crippen LogP contribution in [0.4, 0.5) is 0 Å². The van der Waals surface area contributed by atoms with Gasteiger partial charge in [-0.05, 0) is 24.4 Å². The Morgan fingerprint density at radius 3 is 2.82 bits per heavy atom. The molecule has 0 N–H and O–H groups in total. The summed E-state index contributed by atoms with van der Waals surface area (Å²) in [5.74, 6) is 0. The molecule has 0 unspecified atom stereocenters. The van der Waals surface area contributed by atoms with Gasteiger partial charge in [0.15, 0.2) is 0 Å². The van der Waals surface area contributed by atoms with Crippen molar-refractivity contribution in [1.82, 2.24) is 4.57 Å². The van der Waals surface area contributed by atoms with E-state index in [0.717, 1.165) is 6.42 Å². The molecule has 1 aromatic carbocycles. The number of nitrogens with zero attached hydrogens (tertiary/aromatic N) is 2. The molecule has 0 saturated heterocycles. The van der Waals surface area contributed by atoms with Crippen molar-refractivity contribution >= 4 is 16.4 Å². The number of aromatic nitrogens is 2. The molecule has 0 radical (unpaired) electrons. The molecule has 0 aliphatic carbocycles. The topological polar surface area (TPSA) is 9.03 Å². The Hall–Kier alpha value is -1.83. The highest BCUT2D eigenvalue weighted by atomic mass is 15.1. The minimum atomic E-state index is 1.06. The second-order valence-corrected chi connectivity index (χ2v) is 4.67. The van der Waals surface area contributed by atoms with Gasteiger partial charge in [-0.25, -0.2) is 8.97 Å². The van der Waals surface area contributed by atoms with Gasteiger partial charge in [0.1, 0.15) is 11.9 Å². The molecule has 86 valence electrons. The second-order valence-electron chi connectivity index (χ2n) is 4.67. The minimum Gasteiger partial charge on any atom is -0.230 e. The summed E-state index contributed by atoms with van der Waals surface area (Å²) in [6.07, 6.45) is 5.43. The maximum atomic E-state index is 2.29. The highest BCUT2D eigenvalue weighted by Crippen LogP contribution is 2.19. The van der Waals surface area contributed by atoms with Crippen molar-refractivity contribution in [2.75, 3.05) is 0 Å². The summed E-state index contributed by atoms with van der Waals surface area (Å²) in [5.41, 5.74) is 3.95. The minimum absolute atomic E-state index is 1.06. The van der Waals surface area contributed by atoms with Crippen LogP contribution in [0.5, 0.6) is 0 Å². The van der Waals surface area contributed by atoms with Crippen molar-refractivity contribution in [1.29, 1.82) is 0 Å². The van der Waals surface area contributed by atoms with E-state index in [1.54, 1.807) is 0 Å². The molecule has 0 bridgehead atoms. The predicted molar refractivity (Wildman–Crippen MR) is 70.2 cm³/mol. The SMILES string of the molecule is CCc1c[n+]2ccc3ccc(C)cc3c2n1C. The molecule has 2 heteroatoms. The van der Waals surface area contributed by atoms with E-state index >= 15 is 0 Å². The standard InChI is InChI=1S/C15H17N2/c1-4-13-10-17-8-7-12-6-5-11(2)9-14(12)15(17)16(13)3/h5-10H,4H2,1-3H3/q+1. The maximum absolute atomic E-state index is 2.29. The van der Waals surface area contributed by atoms with Crippen LogP contribution in [-0.4, -0.2) is 4.57 Å². The van der Waals surface area contributed by atoms with Gasteiger partial charge in [0.25, 0.3) is 5.65 Å². The highest BCUT2D eigenvalue weighted by Gasteiger charge is 2.15. The Labute approximate surface area is 101 Å². The zero-order valence-electron chi connectivity index (χ0n) is 10.6. The Morgan fingerprint density at radius 1 is 1.24 bits per heavy atom. The van der Waals surface area contributed by atoms with Crippen LogP contribution in [-0.2, 0) is 13.5 Å². The third kappa shape index (κ3) is 1.44. The van der Waals surface area contributed by atoms with Crippen LogP contribution >= 0.6 is 0 Å². The van der Waals surface area contributed by atoms with Crippen LogP contribution in [0.2, 0.25) is 0 Å². The van der Waals surface area contributed by atoms with Crippen molar-refractivity contribution in [3.63, 3.8) is 0 Å². The van der Waals surface area contributed by atoms with E-state index in [9.17, 15) is 0 Å². The zero-order chi connectivity index (χ0) is 12.0. The lowest BCUT2D eigenvalue weighted by molar-refractivity contribution is -0.509. The molecule has 0 atom stereocenters. The molecule has 3 aromatic rings. The summed E-state index contributed by atoms with van der Waals surface area (Å²) in [6.45, 7) is 4.34. The van der Waals surface area contributed by atoms with Crippen LogP contribution < -0.4 is 4.40 Å². The smallest absolute Gasteiger partial charge is 0.230 e. The van der Waals surface area contributed by atoms with Crippen molar-refractivity contribution < 1.29 is 4.40 Å². The molecule has 2 heterocycles. The average molecular weight is 225 g/mol. The van der Waals surface area contributed by atoms with Crippen LogP contribution in [0, 0.1) is 6.92 Å². The summed E-state index contributed by atoms with van der Waals surface area (Å²) >= 11 is 0. The van der Waals surface area contributed by atoms with Gasteiger partial charge >= 0.3 is 0 Å². The van der Waals surface area contributed by atoms with Gasteiger partial charge in [-0.2, -0.15) is 0 Å². The molecule has 0 aliphatic heterocycles. The summed E-state index contributed by atoms with van der Waals surface area (Å²) in [5, 5.41) is 2.63. The van der Waals surface area contributed by atoms with Gasteiger partial charge in [0, 0.05) is 6.42 Å². The molecular weight excluding hydrogens is 208 g/mol. The molecule has 2 aromatic heterocycles. The quantitative estimate of drug-likeness (QED) is 0.563. The van der Waals surface area contributed by atoms with E-state index in [-0.39, 0.29) is 0 Å². The molecule has 0 aliphatic rings. The Bertz CT molecular complexity index is 708. The maximum Gasteiger partial charge on any atom is 0.294 e. The first-order chi connectivity index (χ1) is 8.20. The van der Waals surface area contributed by atoms with Crippen LogP contribution in [0.25, 0.3) is 16.4 Å². The fourth-order valence-electron chi connectivity index (χ4n) is 2.55. The molecule has 2 nitrogen and oxygen atoms in total. The number of rotatable bonds is 1. The van der Waals surface area contributed by atoms with E-state index in [0.29, 0.717) is 0 Å². The summed E-state index contributed by atoms with van der Waals surface area (Å²) in [6, 6.07) is 8.82. The van der Waals surface area contributed by atoms with E-state index < -0.39 is 0 Å². The van der Waals surface area contributed by atoms with Crippen LogP contribution in [0.1, 0.15) is 18.2 Å².